The highest BCUT2D eigenvalue weighted by Gasteiger charge is 2.01. The van der Waals surface area contributed by atoms with Crippen LogP contribution in [0.3, 0.4) is 0 Å². The average molecular weight is 290 g/mol. The van der Waals surface area contributed by atoms with Gasteiger partial charge in [0.2, 0.25) is 5.96 Å². The van der Waals surface area contributed by atoms with Gasteiger partial charge in [-0.05, 0) is 36.4 Å². The van der Waals surface area contributed by atoms with E-state index >= 15 is 0 Å². The fraction of sp³-hybridized carbons (Fsp3) is 0.143. The summed E-state index contributed by atoms with van der Waals surface area (Å²) in [4.78, 5) is 1.69. The monoisotopic (exact) mass is 289 g/mol. The smallest absolute Gasteiger partial charge is 0.215 e. The summed E-state index contributed by atoms with van der Waals surface area (Å²) in [6, 6.07) is 11.5. The lowest BCUT2D eigenvalue weighted by Crippen LogP contribution is -2.29. The molecule has 1 aromatic carbocycles. The molecule has 20 heavy (non-hydrogen) atoms. The van der Waals surface area contributed by atoms with Crippen LogP contribution in [0.25, 0.3) is 5.69 Å². The summed E-state index contributed by atoms with van der Waals surface area (Å²) in [5.74, 6) is 0.353. The molecule has 0 saturated heterocycles. The molecule has 0 fully saturated rings. The Morgan fingerprint density at radius 3 is 2.60 bits per heavy atom. The van der Waals surface area contributed by atoms with Crippen LogP contribution in [0.4, 0.5) is 0 Å². The third kappa shape index (κ3) is 3.39. The van der Waals surface area contributed by atoms with Crippen LogP contribution in [0.15, 0.2) is 52.8 Å². The first-order chi connectivity index (χ1) is 9.58. The quantitative estimate of drug-likeness (QED) is 0.536. The van der Waals surface area contributed by atoms with E-state index in [0.29, 0.717) is 11.0 Å². The molecule has 104 valence electrons. The normalized spacial score (nSPS) is 12.1. The first kappa shape index (κ1) is 14.1. The van der Waals surface area contributed by atoms with Crippen molar-refractivity contribution in [3.63, 3.8) is 0 Å². The predicted molar refractivity (Wildman–Crippen MR) is 83.7 cm³/mol. The predicted octanol–water partition coefficient (Wildman–Crippen LogP) is 2.34. The molecule has 0 aliphatic carbocycles. The van der Waals surface area contributed by atoms with E-state index in [-0.39, 0.29) is 0 Å². The minimum atomic E-state index is 0.353. The largest absolute Gasteiger partial charge is 0.368 e. The zero-order valence-electron chi connectivity index (χ0n) is 11.4. The van der Waals surface area contributed by atoms with Gasteiger partial charge in [-0.15, -0.1) is 5.10 Å². The Morgan fingerprint density at radius 2 is 1.95 bits per heavy atom. The number of benzene rings is 1. The van der Waals surface area contributed by atoms with Gasteiger partial charge in [0.1, 0.15) is 0 Å². The van der Waals surface area contributed by atoms with Crippen LogP contribution in [-0.4, -0.2) is 35.7 Å². The highest BCUT2D eigenvalue weighted by atomic mass is 35.5. The summed E-state index contributed by atoms with van der Waals surface area (Å²) < 4.78 is 1.99. The van der Waals surface area contributed by atoms with Crippen LogP contribution in [0.1, 0.15) is 5.69 Å². The van der Waals surface area contributed by atoms with Crippen molar-refractivity contribution in [2.75, 3.05) is 14.1 Å². The molecule has 0 saturated carbocycles. The minimum absolute atomic E-state index is 0.353. The van der Waals surface area contributed by atoms with Crippen LogP contribution in [0.5, 0.6) is 0 Å². The molecule has 0 atom stereocenters. The van der Waals surface area contributed by atoms with E-state index in [4.69, 9.17) is 17.3 Å². The fourth-order valence-electron chi connectivity index (χ4n) is 1.57. The maximum atomic E-state index is 5.89. The van der Waals surface area contributed by atoms with Crippen LogP contribution >= 0.6 is 11.6 Å². The van der Waals surface area contributed by atoms with Crippen LogP contribution in [0, 0.1) is 0 Å². The number of halogens is 1. The Balaban J connectivity index is 2.23. The molecule has 0 amide bonds. The summed E-state index contributed by atoms with van der Waals surface area (Å²) >= 11 is 5.89. The number of nitrogens with two attached hydrogens (primary N) is 1. The van der Waals surface area contributed by atoms with Crippen molar-refractivity contribution < 1.29 is 0 Å². The number of guanidine groups is 1. The summed E-state index contributed by atoms with van der Waals surface area (Å²) in [5.41, 5.74) is 7.57. The van der Waals surface area contributed by atoms with E-state index in [1.54, 1.807) is 11.1 Å². The molecule has 0 aliphatic rings. The highest BCUT2D eigenvalue weighted by molar-refractivity contribution is 6.30. The standard InChI is InChI=1S/C14H16ClN5/c1-19(2)14(16)18-17-10-13-4-3-9-20(13)12-7-5-11(15)6-8-12/h3-10H,1-2H3,(H2,16,18). The molecule has 1 aromatic heterocycles. The molecule has 5 nitrogen and oxygen atoms in total. The Labute approximate surface area is 123 Å². The van der Waals surface area contributed by atoms with Crippen LogP contribution in [-0.2, 0) is 0 Å². The molecule has 2 rings (SSSR count). The van der Waals surface area contributed by atoms with Crippen molar-refractivity contribution in [1.29, 1.82) is 0 Å². The number of aromatic nitrogens is 1. The number of hydrogen-bond donors (Lipinski definition) is 1. The van der Waals surface area contributed by atoms with Crippen molar-refractivity contribution >= 4 is 23.8 Å². The van der Waals surface area contributed by atoms with E-state index < -0.39 is 0 Å². The fourth-order valence-corrected chi connectivity index (χ4v) is 1.70. The SMILES string of the molecule is CN(C)C(N)=NN=Cc1cccn1-c1ccc(Cl)cc1. The second-order valence-electron chi connectivity index (χ2n) is 4.38. The summed E-state index contributed by atoms with van der Waals surface area (Å²) in [5, 5.41) is 8.60. The van der Waals surface area contributed by atoms with Crippen LogP contribution in [0.2, 0.25) is 5.02 Å². The van der Waals surface area contributed by atoms with Crippen molar-refractivity contribution in [2.45, 2.75) is 0 Å². The van der Waals surface area contributed by atoms with Gasteiger partial charge in [0, 0.05) is 31.0 Å². The molecule has 2 aromatic rings. The molecule has 0 radical (unpaired) electrons. The Bertz CT molecular complexity index is 625. The zero-order chi connectivity index (χ0) is 14.5. The van der Waals surface area contributed by atoms with E-state index in [9.17, 15) is 0 Å². The number of nitrogens with zero attached hydrogens (tertiary/aromatic N) is 4. The molecule has 2 N–H and O–H groups in total. The molecular weight excluding hydrogens is 274 g/mol. The first-order valence-corrected chi connectivity index (χ1v) is 6.43. The van der Waals surface area contributed by atoms with Gasteiger partial charge in [-0.25, -0.2) is 0 Å². The van der Waals surface area contributed by atoms with E-state index in [0.717, 1.165) is 11.4 Å². The maximum Gasteiger partial charge on any atom is 0.215 e. The zero-order valence-corrected chi connectivity index (χ0v) is 12.1. The minimum Gasteiger partial charge on any atom is -0.368 e. The third-order valence-electron chi connectivity index (χ3n) is 2.69. The first-order valence-electron chi connectivity index (χ1n) is 6.05. The Morgan fingerprint density at radius 1 is 1.25 bits per heavy atom. The van der Waals surface area contributed by atoms with E-state index in [2.05, 4.69) is 10.2 Å². The second-order valence-corrected chi connectivity index (χ2v) is 4.81. The maximum absolute atomic E-state index is 5.89. The average Bonchev–Trinajstić information content (AvgIpc) is 2.88. The summed E-state index contributed by atoms with van der Waals surface area (Å²) in [6.45, 7) is 0. The number of hydrogen-bond acceptors (Lipinski definition) is 2. The Hall–Kier alpha value is -2.27. The number of rotatable bonds is 3. The highest BCUT2D eigenvalue weighted by Crippen LogP contribution is 2.15. The van der Waals surface area contributed by atoms with Gasteiger partial charge in [0.25, 0.3) is 0 Å². The topological polar surface area (TPSA) is 58.9 Å². The molecule has 6 heteroatoms. The molecular formula is C14H16ClN5. The molecule has 0 bridgehead atoms. The molecule has 0 aliphatic heterocycles. The molecule has 1 heterocycles. The van der Waals surface area contributed by atoms with Crippen molar-refractivity contribution in [2.24, 2.45) is 15.9 Å². The van der Waals surface area contributed by atoms with Gasteiger partial charge in [-0.2, -0.15) is 5.10 Å². The van der Waals surface area contributed by atoms with Gasteiger partial charge in [0.05, 0.1) is 11.9 Å². The van der Waals surface area contributed by atoms with Crippen molar-refractivity contribution in [3.05, 3.63) is 53.3 Å². The summed E-state index contributed by atoms with van der Waals surface area (Å²) in [7, 11) is 3.62. The second kappa shape index (κ2) is 6.25. The Kier molecular flexibility index (Phi) is 4.42. The lowest BCUT2D eigenvalue weighted by molar-refractivity contribution is 0.611. The van der Waals surface area contributed by atoms with Crippen molar-refractivity contribution in [1.82, 2.24) is 9.47 Å². The van der Waals surface area contributed by atoms with Crippen LogP contribution < -0.4 is 5.73 Å². The van der Waals surface area contributed by atoms with Gasteiger partial charge in [0.15, 0.2) is 0 Å². The van der Waals surface area contributed by atoms with Gasteiger partial charge in [-0.3, -0.25) is 0 Å². The van der Waals surface area contributed by atoms with Crippen molar-refractivity contribution in [3.8, 4) is 5.69 Å². The van der Waals surface area contributed by atoms with E-state index in [1.807, 2.05) is 61.3 Å². The van der Waals surface area contributed by atoms with Gasteiger partial charge >= 0.3 is 0 Å². The lowest BCUT2D eigenvalue weighted by atomic mass is 10.3. The van der Waals surface area contributed by atoms with Gasteiger partial charge < -0.3 is 15.2 Å². The molecule has 0 spiro atoms. The lowest BCUT2D eigenvalue weighted by Gasteiger charge is -2.08. The van der Waals surface area contributed by atoms with E-state index in [1.165, 1.54) is 0 Å². The van der Waals surface area contributed by atoms with Gasteiger partial charge in [-0.1, -0.05) is 11.6 Å². The molecule has 0 unspecified atom stereocenters. The summed E-state index contributed by atoms with van der Waals surface area (Å²) in [6.07, 6.45) is 3.61. The third-order valence-corrected chi connectivity index (χ3v) is 2.95.